The average Bonchev–Trinajstić information content (AvgIpc) is 3.35. The molecule has 0 atom stereocenters. The van der Waals surface area contributed by atoms with Gasteiger partial charge in [-0.1, -0.05) is 135 Å². The fourth-order valence-electron chi connectivity index (χ4n) is 6.60. The summed E-state index contributed by atoms with van der Waals surface area (Å²) in [6, 6.07) is 46.6. The first kappa shape index (κ1) is 22.2. The number of rotatable bonds is 5. The highest BCUT2D eigenvalue weighted by atomic mass is 15.1. The van der Waals surface area contributed by atoms with E-state index in [0.29, 0.717) is 11.1 Å². The molecule has 0 fully saturated rings. The molecule has 0 aromatic heterocycles. The number of hydrogen-bond donors (Lipinski definition) is 0. The lowest BCUT2D eigenvalue weighted by Gasteiger charge is -2.28. The monoisotopic (exact) mass is 567 g/mol. The maximum absolute atomic E-state index is 9.36. The molecule has 0 saturated heterocycles. The summed E-state index contributed by atoms with van der Waals surface area (Å²) in [7, 11) is 0. The van der Waals surface area contributed by atoms with Gasteiger partial charge in [0.25, 0.3) is 0 Å². The third-order valence-corrected chi connectivity index (χ3v) is 8.91. The molecule has 0 amide bonds. The Bertz CT molecular complexity index is 2350. The molecule has 1 heteroatoms. The predicted molar refractivity (Wildman–Crippen MR) is 187 cm³/mol. The van der Waals surface area contributed by atoms with Gasteiger partial charge in [-0.05, 0) is 97.7 Å². The summed E-state index contributed by atoms with van der Waals surface area (Å²) in [4.78, 5) is 1.90. The zero-order chi connectivity index (χ0) is 33.2. The molecular formula is C43H33N. The minimum atomic E-state index is -0.257. The van der Waals surface area contributed by atoms with E-state index in [-0.39, 0.29) is 35.3 Å². The van der Waals surface area contributed by atoms with Crippen molar-refractivity contribution in [3.05, 3.63) is 175 Å². The van der Waals surface area contributed by atoms with Crippen molar-refractivity contribution in [2.24, 2.45) is 0 Å². The lowest BCUT2D eigenvalue weighted by Crippen LogP contribution is -2.16. The molecule has 44 heavy (non-hydrogen) atoms. The molecule has 0 heterocycles. The van der Waals surface area contributed by atoms with Crippen molar-refractivity contribution in [3.8, 4) is 33.4 Å². The van der Waals surface area contributed by atoms with E-state index < -0.39 is 0 Å². The first-order valence-corrected chi connectivity index (χ1v) is 15.0. The van der Waals surface area contributed by atoms with E-state index >= 15 is 0 Å². The Hall–Kier alpha value is -5.40. The van der Waals surface area contributed by atoms with Crippen LogP contribution in [0.1, 0.15) is 30.5 Å². The highest BCUT2D eigenvalue weighted by Gasteiger charge is 2.35. The van der Waals surface area contributed by atoms with Crippen molar-refractivity contribution in [1.82, 2.24) is 0 Å². The van der Waals surface area contributed by atoms with Crippen LogP contribution in [-0.4, -0.2) is 0 Å². The van der Waals surface area contributed by atoms with E-state index in [1.807, 2.05) is 65.6 Å². The maximum Gasteiger partial charge on any atom is 0.0645 e. The van der Waals surface area contributed by atoms with Gasteiger partial charge in [-0.3, -0.25) is 0 Å². The van der Waals surface area contributed by atoms with Gasteiger partial charge in [0, 0.05) is 22.5 Å². The molecule has 8 rings (SSSR count). The van der Waals surface area contributed by atoms with Gasteiger partial charge in [-0.25, -0.2) is 0 Å². The maximum atomic E-state index is 9.36. The van der Waals surface area contributed by atoms with Gasteiger partial charge in [0.1, 0.15) is 0 Å². The van der Waals surface area contributed by atoms with Crippen molar-refractivity contribution in [2.75, 3.05) is 4.90 Å². The molecule has 1 aliphatic carbocycles. The van der Waals surface area contributed by atoms with Crippen molar-refractivity contribution in [3.63, 3.8) is 0 Å². The summed E-state index contributed by atoms with van der Waals surface area (Å²) in [6.07, 6.45) is 0. The van der Waals surface area contributed by atoms with Crippen molar-refractivity contribution in [2.45, 2.75) is 19.3 Å². The molecule has 0 radical (unpaired) electrons. The second-order valence-electron chi connectivity index (χ2n) is 11.9. The second-order valence-corrected chi connectivity index (χ2v) is 11.9. The van der Waals surface area contributed by atoms with Crippen LogP contribution in [0.25, 0.3) is 44.2 Å². The van der Waals surface area contributed by atoms with Crippen LogP contribution in [0.5, 0.6) is 0 Å². The highest BCUT2D eigenvalue weighted by molar-refractivity contribution is 5.89. The lowest BCUT2D eigenvalue weighted by atomic mass is 9.82. The van der Waals surface area contributed by atoms with Gasteiger partial charge in [0.15, 0.2) is 0 Å². The van der Waals surface area contributed by atoms with Crippen LogP contribution >= 0.6 is 0 Å². The molecule has 1 nitrogen and oxygen atoms in total. The number of fused-ring (bicyclic) bond motifs is 4. The molecule has 0 N–H and O–H groups in total. The Morgan fingerprint density at radius 2 is 1.09 bits per heavy atom. The molecule has 7 aromatic carbocycles. The topological polar surface area (TPSA) is 3.24 Å². The van der Waals surface area contributed by atoms with Crippen molar-refractivity contribution >= 4 is 27.8 Å². The number of nitrogens with zero attached hydrogens (tertiary/aromatic N) is 1. The molecule has 1 aliphatic rings. The Labute approximate surface area is 265 Å². The SMILES string of the molecule is [2H]c1c([2H])c(N(c2cccc(-c3ccc4ccccc4c3)c2)c2ccc3c(c2)C(C)(C)c2ccccc2-3)c([2H])c([2H])c1-c1ccccc1. The summed E-state index contributed by atoms with van der Waals surface area (Å²) in [5, 5.41) is 2.32. The Kier molecular flexibility index (Phi) is 5.24. The van der Waals surface area contributed by atoms with Crippen LogP contribution in [0.4, 0.5) is 17.1 Å². The zero-order valence-corrected chi connectivity index (χ0v) is 24.7. The smallest absolute Gasteiger partial charge is 0.0645 e. The van der Waals surface area contributed by atoms with Crippen LogP contribution in [0.2, 0.25) is 0 Å². The summed E-state index contributed by atoms with van der Waals surface area (Å²) >= 11 is 0. The number of anilines is 3. The normalized spacial score (nSPS) is 14.2. The number of benzene rings is 7. The molecule has 0 saturated carbocycles. The largest absolute Gasteiger partial charge is 0.310 e. The van der Waals surface area contributed by atoms with Crippen LogP contribution in [0, 0.1) is 0 Å². The van der Waals surface area contributed by atoms with Gasteiger partial charge < -0.3 is 4.90 Å². The van der Waals surface area contributed by atoms with Gasteiger partial charge in [0.2, 0.25) is 0 Å². The van der Waals surface area contributed by atoms with E-state index in [4.69, 9.17) is 2.74 Å². The molecular weight excluding hydrogens is 530 g/mol. The lowest BCUT2D eigenvalue weighted by molar-refractivity contribution is 0.660. The standard InChI is InChI=1S/C43H33N/c1-43(2)41-18-9-8-17-39(41)40-26-25-38(29-42(40)43)44(36-23-21-32(22-24-36)30-11-4-3-5-12-30)37-16-10-15-34(28-37)35-20-19-31-13-6-7-14-33(31)27-35/h3-29H,1-2H3/i21D,22D,23D,24D. The summed E-state index contributed by atoms with van der Waals surface area (Å²) in [5.74, 6) is 0. The number of hydrogen-bond acceptors (Lipinski definition) is 1. The van der Waals surface area contributed by atoms with Gasteiger partial charge in [0.05, 0.1) is 5.48 Å². The summed E-state index contributed by atoms with van der Waals surface area (Å²) in [6.45, 7) is 4.47. The summed E-state index contributed by atoms with van der Waals surface area (Å²) < 4.78 is 37.0. The van der Waals surface area contributed by atoms with E-state index in [1.54, 1.807) is 0 Å². The van der Waals surface area contributed by atoms with Crippen molar-refractivity contribution < 1.29 is 5.48 Å². The van der Waals surface area contributed by atoms with E-state index in [1.165, 1.54) is 22.1 Å². The molecule has 0 aliphatic heterocycles. The van der Waals surface area contributed by atoms with E-state index in [2.05, 4.69) is 92.7 Å². The van der Waals surface area contributed by atoms with Gasteiger partial charge in [-0.15, -0.1) is 0 Å². The van der Waals surface area contributed by atoms with Gasteiger partial charge in [-0.2, -0.15) is 0 Å². The second kappa shape index (κ2) is 10.4. The van der Waals surface area contributed by atoms with Gasteiger partial charge >= 0.3 is 0 Å². The molecule has 7 aromatic rings. The van der Waals surface area contributed by atoms with Crippen LogP contribution in [0.3, 0.4) is 0 Å². The van der Waals surface area contributed by atoms with Crippen molar-refractivity contribution in [1.29, 1.82) is 0 Å². The molecule has 0 unspecified atom stereocenters. The predicted octanol–water partition coefficient (Wildman–Crippen LogP) is 11.9. The average molecular weight is 568 g/mol. The fraction of sp³-hybridized carbons (Fsp3) is 0.0698. The Morgan fingerprint density at radius 1 is 0.432 bits per heavy atom. The quantitative estimate of drug-likeness (QED) is 0.200. The van der Waals surface area contributed by atoms with Crippen LogP contribution < -0.4 is 4.90 Å². The molecule has 210 valence electrons. The van der Waals surface area contributed by atoms with Crippen LogP contribution in [-0.2, 0) is 5.41 Å². The fourth-order valence-corrected chi connectivity index (χ4v) is 6.60. The Balaban J connectivity index is 1.36. The minimum absolute atomic E-state index is 0.0678. The Morgan fingerprint density at radius 3 is 1.93 bits per heavy atom. The first-order valence-electron chi connectivity index (χ1n) is 17.0. The third-order valence-electron chi connectivity index (χ3n) is 8.91. The third kappa shape index (κ3) is 4.41. The zero-order valence-electron chi connectivity index (χ0n) is 28.7. The minimum Gasteiger partial charge on any atom is -0.310 e. The van der Waals surface area contributed by atoms with Crippen LogP contribution in [0.15, 0.2) is 164 Å². The first-order chi connectivity index (χ1) is 23.2. The van der Waals surface area contributed by atoms with E-state index in [9.17, 15) is 2.74 Å². The van der Waals surface area contributed by atoms with E-state index in [0.717, 1.165) is 33.5 Å². The molecule has 0 spiro atoms. The summed E-state index contributed by atoms with van der Waals surface area (Å²) in [5.41, 5.74) is 9.29. The molecule has 0 bridgehead atoms. The highest BCUT2D eigenvalue weighted by Crippen LogP contribution is 2.50.